The summed E-state index contributed by atoms with van der Waals surface area (Å²) in [6.07, 6.45) is -1.61. The van der Waals surface area contributed by atoms with E-state index >= 15 is 0 Å². The first-order chi connectivity index (χ1) is 18.6. The molecule has 3 amide bonds. The maximum atomic E-state index is 12.9. The molecule has 0 spiro atoms. The second-order valence-electron chi connectivity index (χ2n) is 9.93. The van der Waals surface area contributed by atoms with Crippen molar-refractivity contribution >= 4 is 29.6 Å². The Hall–Kier alpha value is -4.12. The Morgan fingerprint density at radius 1 is 0.923 bits per heavy atom. The zero-order chi connectivity index (χ0) is 28.3. The van der Waals surface area contributed by atoms with Crippen LogP contribution >= 0.6 is 0 Å². The van der Waals surface area contributed by atoms with Gasteiger partial charge in [-0.25, -0.2) is 9.59 Å². The first-order valence-corrected chi connectivity index (χ1v) is 12.8. The lowest BCUT2D eigenvalue weighted by atomic mass is 10.1. The Bertz CT molecular complexity index is 1110. The number of rotatable bonds is 10. The minimum absolute atomic E-state index is 0.000555. The van der Waals surface area contributed by atoms with Crippen LogP contribution in [-0.2, 0) is 25.6 Å². The van der Waals surface area contributed by atoms with Crippen molar-refractivity contribution < 1.29 is 33.4 Å². The first-order valence-electron chi connectivity index (χ1n) is 12.8. The largest absolute Gasteiger partial charge is 0.445 e. The fourth-order valence-electron chi connectivity index (χ4n) is 3.69. The molecule has 1 atom stereocenters. The number of nitrogens with one attached hydrogen (secondary N) is 3. The molecule has 0 saturated carbocycles. The molecule has 11 nitrogen and oxygen atoms in total. The summed E-state index contributed by atoms with van der Waals surface area (Å²) in [5.74, 6) is -0.969. The topological polar surface area (TPSA) is 135 Å². The van der Waals surface area contributed by atoms with E-state index in [-0.39, 0.29) is 25.5 Å². The molecule has 0 radical (unpaired) electrons. The van der Waals surface area contributed by atoms with Gasteiger partial charge >= 0.3 is 12.2 Å². The quantitative estimate of drug-likeness (QED) is 0.392. The molecule has 3 rings (SSSR count). The molecule has 1 aliphatic rings. The molecule has 2 aromatic carbocycles. The van der Waals surface area contributed by atoms with Crippen molar-refractivity contribution in [3.63, 3.8) is 0 Å². The van der Waals surface area contributed by atoms with Crippen LogP contribution in [0.4, 0.5) is 15.3 Å². The molecule has 1 fully saturated rings. The fraction of sp³-hybridized carbons (Fsp3) is 0.429. The lowest BCUT2D eigenvalue weighted by Gasteiger charge is -2.28. The summed E-state index contributed by atoms with van der Waals surface area (Å²) in [4.78, 5) is 52.3. The van der Waals surface area contributed by atoms with E-state index in [2.05, 4.69) is 20.9 Å². The SMILES string of the molecule is CC(C)(C)OC(=O)NC[C@H](NC(=O)OCc1ccccc1)C(=O)NCC(=O)c1ccc(N2CCOCC2)cc1. The molecule has 210 valence electrons. The molecule has 11 heteroatoms. The number of amides is 3. The lowest BCUT2D eigenvalue weighted by molar-refractivity contribution is -0.122. The van der Waals surface area contributed by atoms with Crippen LogP contribution in [0.25, 0.3) is 0 Å². The van der Waals surface area contributed by atoms with Gasteiger partial charge in [0, 0.05) is 24.3 Å². The van der Waals surface area contributed by atoms with E-state index in [1.807, 2.05) is 30.3 Å². The standard InChI is InChI=1S/C28H36N4O7/c1-28(2,3)39-26(35)30-17-23(31-27(36)38-19-20-7-5-4-6-8-20)25(34)29-18-24(33)21-9-11-22(12-10-21)32-13-15-37-16-14-32/h4-12,23H,13-19H2,1-3H3,(H,29,34)(H,30,35)(H,31,36)/t23-/m0/s1. The summed E-state index contributed by atoms with van der Waals surface area (Å²) in [7, 11) is 0. The van der Waals surface area contributed by atoms with Gasteiger partial charge in [-0.05, 0) is 50.6 Å². The van der Waals surface area contributed by atoms with Crippen LogP contribution in [0.1, 0.15) is 36.7 Å². The highest BCUT2D eigenvalue weighted by atomic mass is 16.6. The van der Waals surface area contributed by atoms with Gasteiger partial charge < -0.3 is 35.1 Å². The van der Waals surface area contributed by atoms with Gasteiger partial charge in [0.05, 0.1) is 26.3 Å². The number of ether oxygens (including phenoxy) is 3. The monoisotopic (exact) mass is 540 g/mol. The minimum Gasteiger partial charge on any atom is -0.445 e. The zero-order valence-electron chi connectivity index (χ0n) is 22.5. The molecular formula is C28H36N4O7. The molecule has 0 aromatic heterocycles. The summed E-state index contributed by atoms with van der Waals surface area (Å²) >= 11 is 0. The smallest absolute Gasteiger partial charge is 0.408 e. The number of anilines is 1. The van der Waals surface area contributed by atoms with E-state index in [0.717, 1.165) is 24.3 Å². The van der Waals surface area contributed by atoms with Gasteiger partial charge in [-0.2, -0.15) is 0 Å². The van der Waals surface area contributed by atoms with E-state index in [4.69, 9.17) is 14.2 Å². The van der Waals surface area contributed by atoms with Gasteiger partial charge in [0.25, 0.3) is 0 Å². The Morgan fingerprint density at radius 3 is 2.23 bits per heavy atom. The average molecular weight is 541 g/mol. The van der Waals surface area contributed by atoms with Crippen LogP contribution in [0, 0.1) is 0 Å². The molecule has 1 saturated heterocycles. The third-order valence-electron chi connectivity index (χ3n) is 5.66. The molecule has 0 bridgehead atoms. The van der Waals surface area contributed by atoms with Crippen LogP contribution in [-0.4, -0.2) is 74.9 Å². The van der Waals surface area contributed by atoms with Gasteiger partial charge in [-0.3, -0.25) is 9.59 Å². The maximum absolute atomic E-state index is 12.9. The van der Waals surface area contributed by atoms with Crippen molar-refractivity contribution in [2.45, 2.75) is 39.0 Å². The van der Waals surface area contributed by atoms with Crippen molar-refractivity contribution in [2.75, 3.05) is 44.3 Å². The number of carbonyl (C=O) groups is 4. The molecular weight excluding hydrogens is 504 g/mol. The predicted molar refractivity (Wildman–Crippen MR) is 145 cm³/mol. The third-order valence-corrected chi connectivity index (χ3v) is 5.66. The van der Waals surface area contributed by atoms with Crippen molar-refractivity contribution in [2.24, 2.45) is 0 Å². The van der Waals surface area contributed by atoms with E-state index < -0.39 is 29.7 Å². The maximum Gasteiger partial charge on any atom is 0.408 e. The van der Waals surface area contributed by atoms with Crippen LogP contribution in [0.5, 0.6) is 0 Å². The van der Waals surface area contributed by atoms with E-state index in [0.29, 0.717) is 18.8 Å². The summed E-state index contributed by atoms with van der Waals surface area (Å²) < 4.78 is 15.8. The van der Waals surface area contributed by atoms with E-state index in [1.54, 1.807) is 45.0 Å². The number of nitrogens with zero attached hydrogens (tertiary/aromatic N) is 1. The van der Waals surface area contributed by atoms with Crippen LogP contribution < -0.4 is 20.9 Å². The van der Waals surface area contributed by atoms with Crippen molar-refractivity contribution in [1.29, 1.82) is 0 Å². The highest BCUT2D eigenvalue weighted by molar-refractivity contribution is 6.00. The normalized spacial score (nSPS) is 14.1. The minimum atomic E-state index is -1.21. The molecule has 1 heterocycles. The summed E-state index contributed by atoms with van der Waals surface area (Å²) in [6, 6.07) is 15.0. The number of benzene rings is 2. The summed E-state index contributed by atoms with van der Waals surface area (Å²) in [6.45, 7) is 7.42. The summed E-state index contributed by atoms with van der Waals surface area (Å²) in [5, 5.41) is 7.44. The van der Waals surface area contributed by atoms with Gasteiger partial charge in [-0.15, -0.1) is 0 Å². The van der Waals surface area contributed by atoms with Gasteiger partial charge in [0.15, 0.2) is 5.78 Å². The zero-order valence-corrected chi connectivity index (χ0v) is 22.5. The van der Waals surface area contributed by atoms with Gasteiger partial charge in [-0.1, -0.05) is 30.3 Å². The number of alkyl carbamates (subject to hydrolysis) is 2. The van der Waals surface area contributed by atoms with Crippen LogP contribution in [0.2, 0.25) is 0 Å². The average Bonchev–Trinajstić information content (AvgIpc) is 2.93. The highest BCUT2D eigenvalue weighted by Gasteiger charge is 2.25. The number of Topliss-reactive ketones (excluding diaryl/α,β-unsaturated/α-hetero) is 1. The van der Waals surface area contributed by atoms with E-state index in [1.165, 1.54) is 0 Å². The molecule has 2 aromatic rings. The number of hydrogen-bond acceptors (Lipinski definition) is 8. The molecule has 0 aliphatic carbocycles. The molecule has 1 aliphatic heterocycles. The highest BCUT2D eigenvalue weighted by Crippen LogP contribution is 2.17. The Morgan fingerprint density at radius 2 is 1.59 bits per heavy atom. The molecule has 39 heavy (non-hydrogen) atoms. The van der Waals surface area contributed by atoms with Crippen molar-refractivity contribution in [3.05, 3.63) is 65.7 Å². The fourth-order valence-corrected chi connectivity index (χ4v) is 3.69. The predicted octanol–water partition coefficient (Wildman–Crippen LogP) is 2.64. The third kappa shape index (κ3) is 10.3. The number of carbonyl (C=O) groups excluding carboxylic acids is 4. The Kier molecular flexibility index (Phi) is 10.7. The second kappa shape index (κ2) is 14.1. The molecule has 3 N–H and O–H groups in total. The lowest BCUT2D eigenvalue weighted by Crippen LogP contribution is -2.53. The Balaban J connectivity index is 1.56. The van der Waals surface area contributed by atoms with Crippen molar-refractivity contribution in [1.82, 2.24) is 16.0 Å². The number of hydrogen-bond donors (Lipinski definition) is 3. The van der Waals surface area contributed by atoms with Gasteiger partial charge in [0.2, 0.25) is 5.91 Å². The van der Waals surface area contributed by atoms with E-state index in [9.17, 15) is 19.2 Å². The summed E-state index contributed by atoms with van der Waals surface area (Å²) in [5.41, 5.74) is 1.45. The van der Waals surface area contributed by atoms with Crippen LogP contribution in [0.3, 0.4) is 0 Å². The number of morpholine rings is 1. The van der Waals surface area contributed by atoms with Crippen LogP contribution in [0.15, 0.2) is 54.6 Å². The second-order valence-corrected chi connectivity index (χ2v) is 9.93. The molecule has 0 unspecified atom stereocenters. The van der Waals surface area contributed by atoms with Gasteiger partial charge in [0.1, 0.15) is 18.2 Å². The Labute approximate surface area is 228 Å². The number of ketones is 1. The first kappa shape index (κ1) is 29.4. The van der Waals surface area contributed by atoms with Crippen molar-refractivity contribution in [3.8, 4) is 0 Å².